The van der Waals surface area contributed by atoms with Gasteiger partial charge in [-0.15, -0.1) is 0 Å². The highest BCUT2D eigenvalue weighted by Crippen LogP contribution is 2.32. The van der Waals surface area contributed by atoms with Crippen LogP contribution >= 0.6 is 0 Å². The Bertz CT molecular complexity index is 876. The maximum atomic E-state index is 12.7. The molecule has 118 valence electrons. The van der Waals surface area contributed by atoms with Crippen LogP contribution in [0.3, 0.4) is 0 Å². The number of aliphatic hydroxyl groups excluding tert-OH is 1. The first-order valence-corrected chi connectivity index (χ1v) is 8.39. The van der Waals surface area contributed by atoms with Gasteiger partial charge < -0.3 is 5.11 Å². The van der Waals surface area contributed by atoms with Gasteiger partial charge in [0.2, 0.25) is 5.78 Å². The first kappa shape index (κ1) is 15.4. The Morgan fingerprint density at radius 3 is 2.52 bits per heavy atom. The van der Waals surface area contributed by atoms with E-state index >= 15 is 0 Å². The summed E-state index contributed by atoms with van der Waals surface area (Å²) in [6.07, 6.45) is 4.60. The smallest absolute Gasteiger partial charge is 0.265 e. The monoisotopic (exact) mass is 330 g/mol. The number of nitrogens with zero attached hydrogens (tertiary/aromatic N) is 2. The molecule has 2 aromatic rings. The van der Waals surface area contributed by atoms with Gasteiger partial charge >= 0.3 is 0 Å². The number of β-amino-alcohol motifs (C(OH)–C–C–N with tert-alkyl or cyclic N) is 1. The van der Waals surface area contributed by atoms with E-state index in [0.717, 1.165) is 4.31 Å². The van der Waals surface area contributed by atoms with Crippen molar-refractivity contribution < 1.29 is 18.3 Å². The molecule has 0 aliphatic carbocycles. The van der Waals surface area contributed by atoms with Gasteiger partial charge in [-0.3, -0.25) is 14.1 Å². The van der Waals surface area contributed by atoms with Crippen molar-refractivity contribution in [3.8, 4) is 0 Å². The predicted molar refractivity (Wildman–Crippen MR) is 84.0 cm³/mol. The van der Waals surface area contributed by atoms with Crippen LogP contribution in [-0.2, 0) is 10.0 Å². The number of aliphatic hydroxyl groups is 1. The molecule has 0 saturated carbocycles. The lowest BCUT2D eigenvalue weighted by Crippen LogP contribution is -2.40. The number of allylic oxidation sites excluding steroid dienone is 1. The maximum absolute atomic E-state index is 12.7. The molecule has 2 heterocycles. The first-order valence-electron chi connectivity index (χ1n) is 6.95. The van der Waals surface area contributed by atoms with Gasteiger partial charge in [-0.2, -0.15) is 0 Å². The molecule has 0 amide bonds. The minimum Gasteiger partial charge on any atom is -0.394 e. The highest BCUT2D eigenvalue weighted by atomic mass is 32.2. The van der Waals surface area contributed by atoms with Gasteiger partial charge in [0.1, 0.15) is 5.70 Å². The molecule has 0 fully saturated rings. The van der Waals surface area contributed by atoms with Crippen molar-refractivity contribution in [3.05, 3.63) is 65.6 Å². The number of Topliss-reactive ketones (excluding diaryl/α,β-unsaturated/α-hetero) is 1. The van der Waals surface area contributed by atoms with E-state index in [1.807, 2.05) is 0 Å². The third-order valence-corrected chi connectivity index (χ3v) is 5.38. The van der Waals surface area contributed by atoms with Gasteiger partial charge in [0, 0.05) is 18.0 Å². The lowest BCUT2D eigenvalue weighted by molar-refractivity contribution is 0.0998. The zero-order valence-corrected chi connectivity index (χ0v) is 12.9. The Hall–Kier alpha value is -2.51. The molecule has 0 bridgehead atoms. The minimum atomic E-state index is -3.88. The van der Waals surface area contributed by atoms with Gasteiger partial charge in [0.25, 0.3) is 10.0 Å². The van der Waals surface area contributed by atoms with Crippen LogP contribution < -0.4 is 0 Å². The van der Waals surface area contributed by atoms with E-state index in [9.17, 15) is 18.3 Å². The van der Waals surface area contributed by atoms with Crippen molar-refractivity contribution in [3.63, 3.8) is 0 Å². The molecule has 0 unspecified atom stereocenters. The van der Waals surface area contributed by atoms with Crippen molar-refractivity contribution in [2.24, 2.45) is 0 Å². The van der Waals surface area contributed by atoms with Crippen LogP contribution in [0, 0.1) is 0 Å². The van der Waals surface area contributed by atoms with Gasteiger partial charge in [-0.05, 0) is 35.9 Å². The van der Waals surface area contributed by atoms with E-state index in [2.05, 4.69) is 4.98 Å². The lowest BCUT2D eigenvalue weighted by Gasteiger charge is -2.30. The van der Waals surface area contributed by atoms with Gasteiger partial charge in [-0.1, -0.05) is 12.1 Å². The molecule has 23 heavy (non-hydrogen) atoms. The molecule has 0 saturated heterocycles. The van der Waals surface area contributed by atoms with Gasteiger partial charge in [-0.25, -0.2) is 8.42 Å². The van der Waals surface area contributed by atoms with E-state index in [1.54, 1.807) is 36.7 Å². The summed E-state index contributed by atoms with van der Waals surface area (Å²) in [5.74, 6) is -0.388. The van der Waals surface area contributed by atoms with Crippen LogP contribution in [0.25, 0.3) is 6.08 Å². The van der Waals surface area contributed by atoms with Gasteiger partial charge in [0.15, 0.2) is 0 Å². The van der Waals surface area contributed by atoms with E-state index in [1.165, 1.54) is 18.2 Å². The molecular weight excluding hydrogens is 316 g/mol. The quantitative estimate of drug-likeness (QED) is 0.857. The number of aromatic nitrogens is 1. The van der Waals surface area contributed by atoms with Crippen molar-refractivity contribution >= 4 is 21.9 Å². The fourth-order valence-corrected chi connectivity index (χ4v) is 4.11. The average molecular weight is 330 g/mol. The number of ketones is 1. The summed E-state index contributed by atoms with van der Waals surface area (Å²) in [6, 6.07) is 9.42. The fraction of sp³-hybridized carbons (Fsp3) is 0.125. The maximum Gasteiger partial charge on any atom is 0.265 e. The third-order valence-electron chi connectivity index (χ3n) is 3.51. The fourth-order valence-electron chi connectivity index (χ4n) is 2.47. The molecule has 1 aliphatic heterocycles. The molecule has 6 nitrogen and oxygen atoms in total. The highest BCUT2D eigenvalue weighted by molar-refractivity contribution is 7.89. The van der Waals surface area contributed by atoms with Crippen LogP contribution in [0.1, 0.15) is 15.9 Å². The van der Waals surface area contributed by atoms with E-state index in [4.69, 9.17) is 0 Å². The molecule has 1 N–H and O–H groups in total. The Balaban J connectivity index is 2.23. The Labute approximate surface area is 133 Å². The summed E-state index contributed by atoms with van der Waals surface area (Å²) in [4.78, 5) is 16.6. The van der Waals surface area contributed by atoms with Crippen LogP contribution in [0.2, 0.25) is 0 Å². The zero-order valence-electron chi connectivity index (χ0n) is 12.1. The van der Waals surface area contributed by atoms with Crippen LogP contribution in [0.5, 0.6) is 0 Å². The molecule has 0 spiro atoms. The Morgan fingerprint density at radius 2 is 1.83 bits per heavy atom. The molecule has 1 aromatic carbocycles. The number of rotatable bonds is 3. The van der Waals surface area contributed by atoms with Gasteiger partial charge in [0.05, 0.1) is 18.0 Å². The van der Waals surface area contributed by atoms with Crippen molar-refractivity contribution in [1.82, 2.24) is 9.29 Å². The van der Waals surface area contributed by atoms with E-state index < -0.39 is 10.0 Å². The number of benzene rings is 1. The summed E-state index contributed by atoms with van der Waals surface area (Å²) in [7, 11) is -3.88. The lowest BCUT2D eigenvalue weighted by atomic mass is 10.1. The SMILES string of the molecule is O=C1C(=Cc2ccncc2)N(CCO)S(=O)(=O)c2ccccc21. The zero-order chi connectivity index (χ0) is 16.4. The topological polar surface area (TPSA) is 87.6 Å². The van der Waals surface area contributed by atoms with Crippen molar-refractivity contribution in [2.45, 2.75) is 4.90 Å². The molecule has 0 atom stereocenters. The second-order valence-corrected chi connectivity index (χ2v) is 6.77. The first-order chi connectivity index (χ1) is 11.1. The Morgan fingerprint density at radius 1 is 1.13 bits per heavy atom. The molecular formula is C16H14N2O4S. The molecule has 7 heteroatoms. The summed E-state index contributed by atoms with van der Waals surface area (Å²) in [5.41, 5.74) is 0.812. The molecule has 1 aliphatic rings. The number of sulfonamides is 1. The summed E-state index contributed by atoms with van der Waals surface area (Å²) in [5, 5.41) is 9.21. The van der Waals surface area contributed by atoms with Crippen LogP contribution in [0.15, 0.2) is 59.4 Å². The predicted octanol–water partition coefficient (Wildman–Crippen LogP) is 1.30. The van der Waals surface area contributed by atoms with Crippen molar-refractivity contribution in [2.75, 3.05) is 13.2 Å². The normalized spacial score (nSPS) is 18.0. The van der Waals surface area contributed by atoms with Crippen molar-refractivity contribution in [1.29, 1.82) is 0 Å². The number of hydrogen-bond donors (Lipinski definition) is 1. The number of pyridine rings is 1. The molecule has 3 rings (SSSR count). The minimum absolute atomic E-state index is 0.0175. The van der Waals surface area contributed by atoms with Crippen LogP contribution in [-0.4, -0.2) is 41.7 Å². The van der Waals surface area contributed by atoms with E-state index in [0.29, 0.717) is 5.56 Å². The third kappa shape index (κ3) is 2.64. The summed E-state index contributed by atoms with van der Waals surface area (Å²) >= 11 is 0. The second kappa shape index (κ2) is 5.94. The largest absolute Gasteiger partial charge is 0.394 e. The van der Waals surface area contributed by atoms with Crippen LogP contribution in [0.4, 0.5) is 0 Å². The number of carbonyl (C=O) groups is 1. The number of hydrogen-bond acceptors (Lipinski definition) is 5. The summed E-state index contributed by atoms with van der Waals surface area (Å²) in [6.45, 7) is -0.568. The summed E-state index contributed by atoms with van der Waals surface area (Å²) < 4.78 is 26.5. The average Bonchev–Trinajstić information content (AvgIpc) is 2.57. The highest BCUT2D eigenvalue weighted by Gasteiger charge is 2.38. The number of carbonyl (C=O) groups excluding carboxylic acids is 1. The second-order valence-electron chi connectivity index (χ2n) is 4.94. The van der Waals surface area contributed by atoms with E-state index in [-0.39, 0.29) is 35.1 Å². The standard InChI is InChI=1S/C16H14N2O4S/c19-10-9-18-14(11-12-5-7-17-8-6-12)16(20)13-3-1-2-4-15(13)23(18,21)22/h1-8,11,19H,9-10H2. The Kier molecular flexibility index (Phi) is 3.97. The number of fused-ring (bicyclic) bond motifs is 1. The molecule has 1 aromatic heterocycles. The molecule has 0 radical (unpaired) electrons.